The molecule has 1 aromatic heterocycles. The van der Waals surface area contributed by atoms with Gasteiger partial charge in [0.05, 0.1) is 30.7 Å². The minimum absolute atomic E-state index is 0.107. The first kappa shape index (κ1) is 23.2. The molecule has 0 spiro atoms. The maximum Gasteiger partial charge on any atom is 0.416 e. The molecule has 0 aliphatic heterocycles. The number of hydrogen-bond donors (Lipinski definition) is 0. The fourth-order valence-electron chi connectivity index (χ4n) is 3.56. The van der Waals surface area contributed by atoms with Gasteiger partial charge >= 0.3 is 6.18 Å². The van der Waals surface area contributed by atoms with E-state index in [1.165, 1.54) is 54.1 Å². The molecule has 0 bridgehead atoms. The van der Waals surface area contributed by atoms with Crippen molar-refractivity contribution in [1.82, 2.24) is 4.57 Å². The van der Waals surface area contributed by atoms with E-state index in [0.717, 1.165) is 12.1 Å². The molecule has 0 saturated heterocycles. The van der Waals surface area contributed by atoms with Crippen molar-refractivity contribution in [3.8, 4) is 11.5 Å². The number of ether oxygens (including phenoxy) is 2. The molecule has 2 aromatic carbocycles. The summed E-state index contributed by atoms with van der Waals surface area (Å²) in [5, 5.41) is 0.572. The molecule has 170 valence electrons. The molecule has 0 fully saturated rings. The van der Waals surface area contributed by atoms with Crippen molar-refractivity contribution < 1.29 is 27.4 Å². The number of carbonyl (C=O) groups excluding carboxylic acids is 1. The summed E-state index contributed by atoms with van der Waals surface area (Å²) < 4.78 is 51.6. The van der Waals surface area contributed by atoms with Gasteiger partial charge in [0.2, 0.25) is 0 Å². The number of alkyl halides is 3. The first-order chi connectivity index (χ1) is 15.2. The number of aryl methyl sites for hydroxylation is 1. The molecule has 0 aliphatic rings. The Bertz CT molecular complexity index is 1220. The Balaban J connectivity index is 2.24. The molecule has 9 heteroatoms. The Morgan fingerprint density at radius 2 is 1.66 bits per heavy atom. The second-order valence-corrected chi connectivity index (χ2v) is 6.98. The van der Waals surface area contributed by atoms with E-state index in [4.69, 9.17) is 9.47 Å². The minimum Gasteiger partial charge on any atom is -0.493 e. The molecule has 1 heterocycles. The third-order valence-corrected chi connectivity index (χ3v) is 5.21. The largest absolute Gasteiger partial charge is 0.493 e. The number of rotatable bonds is 6. The van der Waals surface area contributed by atoms with Crippen LogP contribution in [0.25, 0.3) is 10.8 Å². The zero-order valence-electron chi connectivity index (χ0n) is 18.1. The van der Waals surface area contributed by atoms with Crippen molar-refractivity contribution >= 4 is 22.4 Å². The van der Waals surface area contributed by atoms with Crippen LogP contribution in [0.15, 0.2) is 47.4 Å². The molecule has 0 saturated carbocycles. The van der Waals surface area contributed by atoms with Crippen LogP contribution in [0.5, 0.6) is 11.5 Å². The van der Waals surface area contributed by atoms with Crippen molar-refractivity contribution in [3.63, 3.8) is 0 Å². The standard InChI is InChI=1S/C23H23F3N2O4/c1-5-27-13-18(16-11-19(31-3)20(32-4)12-17(16)21(27)29)22(30)28(6-2)15-9-7-8-14(10-15)23(24,25)26/h7-13H,5-6H2,1-4H3. The van der Waals surface area contributed by atoms with Crippen LogP contribution in [0.3, 0.4) is 0 Å². The molecule has 1 amide bonds. The highest BCUT2D eigenvalue weighted by molar-refractivity contribution is 6.14. The van der Waals surface area contributed by atoms with Gasteiger partial charge in [0.25, 0.3) is 11.5 Å². The number of aromatic nitrogens is 1. The first-order valence-corrected chi connectivity index (χ1v) is 9.94. The van der Waals surface area contributed by atoms with E-state index in [1.54, 1.807) is 13.8 Å². The number of nitrogens with zero attached hydrogens (tertiary/aromatic N) is 2. The van der Waals surface area contributed by atoms with Crippen molar-refractivity contribution in [3.05, 3.63) is 64.1 Å². The van der Waals surface area contributed by atoms with Crippen molar-refractivity contribution in [2.45, 2.75) is 26.6 Å². The van der Waals surface area contributed by atoms with Gasteiger partial charge < -0.3 is 18.9 Å². The summed E-state index contributed by atoms with van der Waals surface area (Å²) in [4.78, 5) is 27.7. The quantitative estimate of drug-likeness (QED) is 0.547. The smallest absolute Gasteiger partial charge is 0.416 e. The van der Waals surface area contributed by atoms with Crippen LogP contribution in [-0.2, 0) is 12.7 Å². The third kappa shape index (κ3) is 4.15. The topological polar surface area (TPSA) is 60.8 Å². The van der Waals surface area contributed by atoms with Crippen LogP contribution in [-0.4, -0.2) is 31.2 Å². The molecule has 0 unspecified atom stereocenters. The van der Waals surface area contributed by atoms with Gasteiger partial charge in [-0.1, -0.05) is 6.07 Å². The van der Waals surface area contributed by atoms with E-state index in [-0.39, 0.29) is 28.7 Å². The number of methoxy groups -OCH3 is 2. The number of carbonyl (C=O) groups is 1. The van der Waals surface area contributed by atoms with Crippen molar-refractivity contribution in [2.24, 2.45) is 0 Å². The monoisotopic (exact) mass is 448 g/mol. The lowest BCUT2D eigenvalue weighted by atomic mass is 10.0. The van der Waals surface area contributed by atoms with Gasteiger partial charge in [-0.3, -0.25) is 9.59 Å². The second kappa shape index (κ2) is 8.94. The van der Waals surface area contributed by atoms with Gasteiger partial charge in [-0.2, -0.15) is 13.2 Å². The molecule has 0 radical (unpaired) electrons. The van der Waals surface area contributed by atoms with Crippen molar-refractivity contribution in [2.75, 3.05) is 25.7 Å². The number of fused-ring (bicyclic) bond motifs is 1. The second-order valence-electron chi connectivity index (χ2n) is 6.98. The minimum atomic E-state index is -4.54. The Morgan fingerprint density at radius 1 is 1.03 bits per heavy atom. The van der Waals surface area contributed by atoms with E-state index in [9.17, 15) is 22.8 Å². The zero-order chi connectivity index (χ0) is 23.6. The van der Waals surface area contributed by atoms with Gasteiger partial charge in [-0.25, -0.2) is 0 Å². The summed E-state index contributed by atoms with van der Waals surface area (Å²) in [7, 11) is 2.86. The Hall–Kier alpha value is -3.49. The van der Waals surface area contributed by atoms with Crippen LogP contribution in [0.4, 0.5) is 18.9 Å². The van der Waals surface area contributed by atoms with Gasteiger partial charge in [0.15, 0.2) is 11.5 Å². The van der Waals surface area contributed by atoms with Crippen LogP contribution >= 0.6 is 0 Å². The summed E-state index contributed by atoms with van der Waals surface area (Å²) in [5.41, 5.74) is -0.893. The third-order valence-electron chi connectivity index (χ3n) is 5.21. The maximum atomic E-state index is 13.5. The van der Waals surface area contributed by atoms with Crippen LogP contribution < -0.4 is 19.9 Å². The first-order valence-electron chi connectivity index (χ1n) is 9.94. The molecule has 32 heavy (non-hydrogen) atoms. The molecule has 3 rings (SSSR count). The Kier molecular flexibility index (Phi) is 6.47. The fourth-order valence-corrected chi connectivity index (χ4v) is 3.56. The summed E-state index contributed by atoms with van der Waals surface area (Å²) in [6, 6.07) is 7.61. The summed E-state index contributed by atoms with van der Waals surface area (Å²) in [5.74, 6) is 0.116. The van der Waals surface area contributed by atoms with Gasteiger partial charge in [-0.15, -0.1) is 0 Å². The average molecular weight is 448 g/mol. The zero-order valence-corrected chi connectivity index (χ0v) is 18.1. The van der Waals surface area contributed by atoms with E-state index in [0.29, 0.717) is 23.4 Å². The van der Waals surface area contributed by atoms with E-state index in [1.807, 2.05) is 0 Å². The average Bonchev–Trinajstić information content (AvgIpc) is 2.78. The molecule has 6 nitrogen and oxygen atoms in total. The highest BCUT2D eigenvalue weighted by Gasteiger charge is 2.31. The van der Waals surface area contributed by atoms with Gasteiger partial charge in [-0.05, 0) is 44.2 Å². The molecular formula is C23H23F3N2O4. The van der Waals surface area contributed by atoms with Crippen LogP contribution in [0, 0.1) is 0 Å². The van der Waals surface area contributed by atoms with E-state index >= 15 is 0 Å². The number of anilines is 1. The highest BCUT2D eigenvalue weighted by atomic mass is 19.4. The maximum absolute atomic E-state index is 13.5. The Morgan fingerprint density at radius 3 is 2.19 bits per heavy atom. The van der Waals surface area contributed by atoms with Gasteiger partial charge in [0.1, 0.15) is 0 Å². The number of pyridine rings is 1. The van der Waals surface area contributed by atoms with Crippen LogP contribution in [0.1, 0.15) is 29.8 Å². The lowest BCUT2D eigenvalue weighted by Gasteiger charge is -2.23. The molecule has 3 aromatic rings. The predicted octanol–water partition coefficient (Wildman–Crippen LogP) is 4.72. The summed E-state index contributed by atoms with van der Waals surface area (Å²) >= 11 is 0. The fraction of sp³-hybridized carbons (Fsp3) is 0.304. The summed E-state index contributed by atoms with van der Waals surface area (Å²) in [6.45, 7) is 3.85. The number of hydrogen-bond acceptors (Lipinski definition) is 4. The number of halogens is 3. The Labute approximate surface area is 182 Å². The summed E-state index contributed by atoms with van der Waals surface area (Å²) in [6.07, 6.45) is -3.11. The number of amides is 1. The highest BCUT2D eigenvalue weighted by Crippen LogP contribution is 2.34. The SMILES string of the molecule is CCN(C(=O)c1cn(CC)c(=O)c2cc(OC)c(OC)cc12)c1cccc(C(F)(F)F)c1. The van der Waals surface area contributed by atoms with Gasteiger partial charge in [0, 0.05) is 30.4 Å². The molecule has 0 aliphatic carbocycles. The molecule has 0 N–H and O–H groups in total. The predicted molar refractivity (Wildman–Crippen MR) is 116 cm³/mol. The number of benzene rings is 2. The van der Waals surface area contributed by atoms with E-state index in [2.05, 4.69) is 0 Å². The normalized spacial score (nSPS) is 11.5. The van der Waals surface area contributed by atoms with Crippen molar-refractivity contribution in [1.29, 1.82) is 0 Å². The lowest BCUT2D eigenvalue weighted by molar-refractivity contribution is -0.137. The molecular weight excluding hydrogens is 425 g/mol. The van der Waals surface area contributed by atoms with Crippen LogP contribution in [0.2, 0.25) is 0 Å². The lowest BCUT2D eigenvalue weighted by Crippen LogP contribution is -2.32. The molecule has 0 atom stereocenters. The van der Waals surface area contributed by atoms with E-state index < -0.39 is 17.6 Å².